The van der Waals surface area contributed by atoms with Crippen molar-refractivity contribution >= 4 is 34.8 Å². The third-order valence-electron chi connectivity index (χ3n) is 1.24. The number of hydrogen-bond donors (Lipinski definition) is 1. The van der Waals surface area contributed by atoms with Gasteiger partial charge >= 0.3 is 0 Å². The summed E-state index contributed by atoms with van der Waals surface area (Å²) in [6.45, 7) is 1.41. The van der Waals surface area contributed by atoms with Crippen molar-refractivity contribution in [1.82, 2.24) is 0 Å². The number of halogens is 2. The van der Waals surface area contributed by atoms with Gasteiger partial charge in [-0.2, -0.15) is 0 Å². The van der Waals surface area contributed by atoms with E-state index in [9.17, 15) is 4.79 Å². The largest absolute Gasteiger partial charge is 0.325 e. The fourth-order valence-electron chi connectivity index (χ4n) is 0.783. The van der Waals surface area contributed by atoms with E-state index in [-0.39, 0.29) is 5.91 Å². The molecule has 0 unspecified atom stereocenters. The fourth-order valence-corrected chi connectivity index (χ4v) is 1.12. The highest BCUT2D eigenvalue weighted by atomic mass is 35.5. The highest BCUT2D eigenvalue weighted by Crippen LogP contribution is 2.25. The summed E-state index contributed by atoms with van der Waals surface area (Å²) in [4.78, 5) is 10.7. The van der Waals surface area contributed by atoms with Crippen LogP contribution in [0, 0.1) is 0 Å². The lowest BCUT2D eigenvalue weighted by Crippen LogP contribution is -2.05. The molecule has 0 saturated heterocycles. The molecule has 1 rings (SSSR count). The number of carbonyl (C=O) groups excluding carboxylic acids is 1. The van der Waals surface area contributed by atoms with Crippen molar-refractivity contribution in [3.05, 3.63) is 28.2 Å². The minimum atomic E-state index is -0.167. The van der Waals surface area contributed by atoms with Crippen LogP contribution in [0.15, 0.2) is 18.2 Å². The third kappa shape index (κ3) is 2.40. The second kappa shape index (κ2) is 3.78. The standard InChI is InChI=1S/C8H7Cl2NO/c1-5(12)11-8-4-6(9)2-3-7(8)10/h2-4H,1H3,(H,11,12)/i2+2,3+2,4+2,6+2,7+2,8+2. The number of anilines is 1. The number of benzene rings is 1. The molecule has 0 spiro atoms. The van der Waals surface area contributed by atoms with E-state index in [2.05, 4.69) is 5.32 Å². The van der Waals surface area contributed by atoms with Crippen molar-refractivity contribution < 1.29 is 4.79 Å². The maximum Gasteiger partial charge on any atom is 0.221 e. The Hall–Kier alpha value is -0.730. The van der Waals surface area contributed by atoms with Crippen LogP contribution in [-0.4, -0.2) is 5.91 Å². The Morgan fingerprint density at radius 1 is 1.42 bits per heavy atom. The molecule has 0 atom stereocenters. The van der Waals surface area contributed by atoms with Crippen LogP contribution >= 0.6 is 23.2 Å². The van der Waals surface area contributed by atoms with Gasteiger partial charge in [-0.1, -0.05) is 23.2 Å². The van der Waals surface area contributed by atoms with Gasteiger partial charge in [0, 0.05) is 11.9 Å². The Morgan fingerprint density at radius 2 is 2.08 bits per heavy atom. The van der Waals surface area contributed by atoms with Gasteiger partial charge < -0.3 is 5.32 Å². The van der Waals surface area contributed by atoms with Gasteiger partial charge in [-0.3, -0.25) is 4.79 Å². The molecule has 64 valence electrons. The summed E-state index contributed by atoms with van der Waals surface area (Å²) in [5.74, 6) is -0.167. The number of amides is 1. The first kappa shape index (κ1) is 9.36. The minimum Gasteiger partial charge on any atom is -0.325 e. The average molecular weight is 216 g/mol. The molecule has 0 bridgehead atoms. The molecule has 0 heterocycles. The summed E-state index contributed by atoms with van der Waals surface area (Å²) in [5, 5.41) is 3.58. The minimum absolute atomic E-state index is 0.167. The summed E-state index contributed by atoms with van der Waals surface area (Å²) in [6, 6.07) is 4.90. The predicted octanol–water partition coefficient (Wildman–Crippen LogP) is 2.95. The van der Waals surface area contributed by atoms with Crippen LogP contribution in [0.4, 0.5) is 5.69 Å². The van der Waals surface area contributed by atoms with Crippen LogP contribution in [-0.2, 0) is 4.79 Å². The van der Waals surface area contributed by atoms with Crippen molar-refractivity contribution in [3.63, 3.8) is 0 Å². The van der Waals surface area contributed by atoms with Crippen LogP contribution in [0.25, 0.3) is 0 Å². The van der Waals surface area contributed by atoms with Crippen LogP contribution in [0.1, 0.15) is 6.92 Å². The summed E-state index contributed by atoms with van der Waals surface area (Å²) in [7, 11) is 0. The van der Waals surface area contributed by atoms with E-state index < -0.39 is 0 Å². The highest BCUT2D eigenvalue weighted by molar-refractivity contribution is 6.35. The Labute approximate surface area is 80.5 Å². The molecular formula is C8H7Cl2NO. The first-order chi connectivity index (χ1) is 5.59. The third-order valence-corrected chi connectivity index (χ3v) is 1.80. The van der Waals surface area contributed by atoms with Crippen molar-refractivity contribution in [2.75, 3.05) is 5.32 Å². The van der Waals surface area contributed by atoms with Crippen molar-refractivity contribution in [2.45, 2.75) is 6.92 Å². The molecule has 0 saturated carbocycles. The lowest BCUT2D eigenvalue weighted by atomic mass is 10.8. The summed E-state index contributed by atoms with van der Waals surface area (Å²) >= 11 is 11.5. The van der Waals surface area contributed by atoms with E-state index in [1.165, 1.54) is 6.92 Å². The maximum atomic E-state index is 10.7. The van der Waals surface area contributed by atoms with Gasteiger partial charge in [-0.05, 0) is 18.2 Å². The van der Waals surface area contributed by atoms with E-state index >= 15 is 0 Å². The molecule has 12 heavy (non-hydrogen) atoms. The second-order valence-corrected chi connectivity index (χ2v) is 3.15. The molecule has 0 radical (unpaired) electrons. The molecule has 1 N–H and O–H groups in total. The molecule has 0 aromatic heterocycles. The number of nitrogens with one attached hydrogen (secondary N) is 1. The molecule has 0 aliphatic rings. The average Bonchev–Trinajstić information content (AvgIpc) is 1.96. The molecule has 1 amide bonds. The quantitative estimate of drug-likeness (QED) is 0.767. The van der Waals surface area contributed by atoms with E-state index in [1.54, 1.807) is 18.2 Å². The van der Waals surface area contributed by atoms with Gasteiger partial charge in [0.15, 0.2) is 0 Å². The summed E-state index contributed by atoms with van der Waals surface area (Å²) in [6.07, 6.45) is 0. The topological polar surface area (TPSA) is 29.1 Å². The Kier molecular flexibility index (Phi) is 2.95. The normalized spacial score (nSPS) is 9.58. The van der Waals surface area contributed by atoms with Gasteiger partial charge in [-0.25, -0.2) is 0 Å². The lowest BCUT2D eigenvalue weighted by Gasteiger charge is -2.03. The van der Waals surface area contributed by atoms with Crippen molar-refractivity contribution in [2.24, 2.45) is 0 Å². The van der Waals surface area contributed by atoms with E-state index in [0.717, 1.165) is 0 Å². The van der Waals surface area contributed by atoms with Crippen LogP contribution < -0.4 is 5.32 Å². The molecule has 0 aliphatic carbocycles. The zero-order chi connectivity index (χ0) is 9.14. The molecule has 2 nitrogen and oxygen atoms in total. The SMILES string of the molecule is CC(=O)N[14c]1[14cH][14c](Cl)[14cH][14cH][14c]1Cl. The number of carbonyl (C=O) groups is 1. The van der Waals surface area contributed by atoms with E-state index in [4.69, 9.17) is 23.2 Å². The van der Waals surface area contributed by atoms with Gasteiger partial charge in [0.1, 0.15) is 0 Å². The Balaban J connectivity index is 2.97. The molecule has 1 aromatic rings. The van der Waals surface area contributed by atoms with E-state index in [0.29, 0.717) is 15.7 Å². The molecule has 1 aromatic carbocycles. The highest BCUT2D eigenvalue weighted by Gasteiger charge is 2.01. The zero-order valence-electron chi connectivity index (χ0n) is 6.40. The van der Waals surface area contributed by atoms with Gasteiger partial charge in [0.2, 0.25) is 5.91 Å². The molecule has 4 heteroatoms. The Morgan fingerprint density at radius 3 is 2.67 bits per heavy atom. The first-order valence-electron chi connectivity index (χ1n) is 3.32. The Bertz CT molecular complexity index is 312. The van der Waals surface area contributed by atoms with Gasteiger partial charge in [-0.15, -0.1) is 0 Å². The molecular weight excluding hydrogens is 209 g/mol. The van der Waals surface area contributed by atoms with Crippen LogP contribution in [0.3, 0.4) is 0 Å². The van der Waals surface area contributed by atoms with Crippen LogP contribution in [0.2, 0.25) is 10.0 Å². The zero-order valence-corrected chi connectivity index (χ0v) is 7.91. The second-order valence-electron chi connectivity index (χ2n) is 2.31. The first-order valence-corrected chi connectivity index (χ1v) is 4.08. The van der Waals surface area contributed by atoms with E-state index in [1.807, 2.05) is 0 Å². The van der Waals surface area contributed by atoms with Gasteiger partial charge in [0.05, 0.1) is 10.7 Å². The number of hydrogen-bond acceptors (Lipinski definition) is 1. The maximum absolute atomic E-state index is 10.7. The van der Waals surface area contributed by atoms with Crippen molar-refractivity contribution in [1.29, 1.82) is 0 Å². The smallest absolute Gasteiger partial charge is 0.221 e. The monoisotopic (exact) mass is 215 g/mol. The lowest BCUT2D eigenvalue weighted by molar-refractivity contribution is -0.114. The predicted molar refractivity (Wildman–Crippen MR) is 50.8 cm³/mol. The van der Waals surface area contributed by atoms with Crippen LogP contribution in [0.5, 0.6) is 0 Å². The number of rotatable bonds is 1. The van der Waals surface area contributed by atoms with Crippen molar-refractivity contribution in [3.8, 4) is 0 Å². The molecule has 0 aliphatic heterocycles. The molecule has 0 fully saturated rings. The summed E-state index contributed by atoms with van der Waals surface area (Å²) in [5.41, 5.74) is 0.539. The summed E-state index contributed by atoms with van der Waals surface area (Å²) < 4.78 is 0. The fraction of sp³-hybridized carbons (Fsp3) is 0.125. The van der Waals surface area contributed by atoms with Gasteiger partial charge in [0.25, 0.3) is 0 Å².